The molecule has 2 heteroatoms. The molecule has 0 aromatic heterocycles. The Balaban J connectivity index is 1.50. The van der Waals surface area contributed by atoms with Crippen molar-refractivity contribution in [2.75, 3.05) is 4.90 Å². The topological polar surface area (TPSA) is 15.3 Å². The van der Waals surface area contributed by atoms with E-state index in [1.165, 1.54) is 49.7 Å². The van der Waals surface area contributed by atoms with E-state index in [0.717, 1.165) is 77.3 Å². The third-order valence-corrected chi connectivity index (χ3v) is 12.9. The molecule has 6 rings (SSSR count). The first-order chi connectivity index (χ1) is 34.3. The smallest absolute Gasteiger partial charge is 0.0546 e. The molecule has 5 aromatic rings. The standard InChI is InChI=1S/C68H74N2/c1-10-17-20-21-23-36-55-37-26-27-40-64(55)56-43-45-61(46-44-56)70(68-50-59(34-19-12-3)63(16-7)65-41-28-29-42-66(65)68)62-39-30-32-53(48-62)47-57(33-18-11-2)51(8)52(9)67(69-60(15-6)31-13-4)49-58-38-25-22-24-35-54(58)14-5/h10-11,13,17-21,23-46,48-50,54,69H,4,8,12,14-16,22,47H2,1-3,5-7,9H3/b17-10-,18-11-,21-20-,34-19-,36-23+,57-33-,58-49-,60-31+,67-52-. The highest BCUT2D eigenvalue weighted by Crippen LogP contribution is 2.43. The molecule has 0 saturated carbocycles. The second-order valence-electron chi connectivity index (χ2n) is 17.6. The van der Waals surface area contributed by atoms with Crippen LogP contribution in [0, 0.1) is 5.92 Å². The minimum Gasteiger partial charge on any atom is -0.359 e. The summed E-state index contributed by atoms with van der Waals surface area (Å²) in [5, 5.41) is 6.32. The van der Waals surface area contributed by atoms with E-state index in [9.17, 15) is 0 Å². The van der Waals surface area contributed by atoms with Crippen molar-refractivity contribution in [2.24, 2.45) is 5.92 Å². The Bertz CT molecular complexity index is 2940. The number of rotatable bonds is 21. The lowest BCUT2D eigenvalue weighted by Gasteiger charge is -2.29. The van der Waals surface area contributed by atoms with E-state index in [0.29, 0.717) is 12.3 Å². The molecule has 1 unspecified atom stereocenters. The van der Waals surface area contributed by atoms with Gasteiger partial charge in [-0.2, -0.15) is 0 Å². The van der Waals surface area contributed by atoms with E-state index in [4.69, 9.17) is 6.58 Å². The molecule has 0 radical (unpaired) electrons. The lowest BCUT2D eigenvalue weighted by molar-refractivity contribution is 0.741. The molecule has 1 N–H and O–H groups in total. The zero-order chi connectivity index (χ0) is 49.7. The molecule has 0 bridgehead atoms. The molecule has 5 aromatic carbocycles. The van der Waals surface area contributed by atoms with Crippen LogP contribution in [-0.4, -0.2) is 0 Å². The van der Waals surface area contributed by atoms with Crippen LogP contribution in [0.25, 0.3) is 34.1 Å². The third kappa shape index (κ3) is 13.4. The monoisotopic (exact) mass is 919 g/mol. The van der Waals surface area contributed by atoms with Gasteiger partial charge in [-0.15, -0.1) is 0 Å². The number of hydrogen-bond donors (Lipinski definition) is 1. The number of hydrogen-bond acceptors (Lipinski definition) is 2. The minimum atomic E-state index is 0.341. The molecule has 1 aliphatic carbocycles. The summed E-state index contributed by atoms with van der Waals surface area (Å²) in [7, 11) is 0. The predicted molar refractivity (Wildman–Crippen MR) is 311 cm³/mol. The van der Waals surface area contributed by atoms with Crippen LogP contribution < -0.4 is 10.2 Å². The zero-order valence-corrected chi connectivity index (χ0v) is 42.9. The molecular weight excluding hydrogens is 845 g/mol. The van der Waals surface area contributed by atoms with Crippen molar-refractivity contribution in [3.05, 3.63) is 269 Å². The molecule has 1 aliphatic rings. The van der Waals surface area contributed by atoms with Gasteiger partial charge in [-0.25, -0.2) is 0 Å². The van der Waals surface area contributed by atoms with Crippen LogP contribution in [0.2, 0.25) is 0 Å². The summed E-state index contributed by atoms with van der Waals surface area (Å²) < 4.78 is 0. The van der Waals surface area contributed by atoms with Crippen molar-refractivity contribution in [3.63, 3.8) is 0 Å². The quantitative estimate of drug-likeness (QED) is 0.0583. The fourth-order valence-corrected chi connectivity index (χ4v) is 9.09. The van der Waals surface area contributed by atoms with Crippen LogP contribution >= 0.6 is 0 Å². The van der Waals surface area contributed by atoms with Gasteiger partial charge in [-0.1, -0.05) is 211 Å². The average molecular weight is 919 g/mol. The Kier molecular flexibility index (Phi) is 20.0. The van der Waals surface area contributed by atoms with Crippen molar-refractivity contribution >= 4 is 40.0 Å². The van der Waals surface area contributed by atoms with Crippen molar-refractivity contribution in [1.82, 2.24) is 5.32 Å². The van der Waals surface area contributed by atoms with Gasteiger partial charge in [-0.3, -0.25) is 0 Å². The van der Waals surface area contributed by atoms with E-state index >= 15 is 0 Å². The second-order valence-corrected chi connectivity index (χ2v) is 17.6. The number of fused-ring (bicyclic) bond motifs is 1. The van der Waals surface area contributed by atoms with E-state index in [2.05, 4.69) is 253 Å². The third-order valence-electron chi connectivity index (χ3n) is 12.9. The van der Waals surface area contributed by atoms with Crippen LogP contribution in [0.3, 0.4) is 0 Å². The van der Waals surface area contributed by atoms with Crippen molar-refractivity contribution in [3.8, 4) is 11.1 Å². The van der Waals surface area contributed by atoms with Gasteiger partial charge in [0.05, 0.1) is 5.69 Å². The molecular formula is C68H74N2. The predicted octanol–water partition coefficient (Wildman–Crippen LogP) is 19.5. The SMILES string of the molecule is C=C/C=C(\CC)NC(/C=C1/C=CCC=CC1CC)=C(/C)C(=C)/C(=C\C=C/C)Cc1cccc(N(c2ccc(-c3ccccc3/C=C/C=C\C=C/C)cc2)c2cc(/C=C\CC)c(CC)c3ccccc23)c1. The summed E-state index contributed by atoms with van der Waals surface area (Å²) in [6, 6.07) is 38.1. The van der Waals surface area contributed by atoms with Gasteiger partial charge in [0.25, 0.3) is 0 Å². The molecule has 70 heavy (non-hydrogen) atoms. The van der Waals surface area contributed by atoms with E-state index in [-0.39, 0.29) is 0 Å². The summed E-state index contributed by atoms with van der Waals surface area (Å²) in [5.41, 5.74) is 17.4. The first kappa shape index (κ1) is 52.0. The first-order valence-electron chi connectivity index (χ1n) is 25.4. The van der Waals surface area contributed by atoms with E-state index in [1.54, 1.807) is 0 Å². The Morgan fingerprint density at radius 1 is 0.743 bits per heavy atom. The van der Waals surface area contributed by atoms with Crippen LogP contribution in [0.15, 0.2) is 247 Å². The fourth-order valence-electron chi connectivity index (χ4n) is 9.09. The summed E-state index contributed by atoms with van der Waals surface area (Å²) in [4.78, 5) is 2.46. The second kappa shape index (κ2) is 26.9. The maximum absolute atomic E-state index is 4.83. The average Bonchev–Trinajstić information content (AvgIpc) is 3.63. The molecule has 356 valence electrons. The van der Waals surface area contributed by atoms with E-state index in [1.807, 2.05) is 25.2 Å². The van der Waals surface area contributed by atoms with Gasteiger partial charge in [0.1, 0.15) is 0 Å². The Hall–Kier alpha value is -7.42. The van der Waals surface area contributed by atoms with Crippen LogP contribution in [0.5, 0.6) is 0 Å². The summed E-state index contributed by atoms with van der Waals surface area (Å²) >= 11 is 0. The largest absolute Gasteiger partial charge is 0.359 e. The van der Waals surface area contributed by atoms with Gasteiger partial charge in [0.15, 0.2) is 0 Å². The molecule has 0 amide bonds. The van der Waals surface area contributed by atoms with Gasteiger partial charge in [-0.05, 0) is 163 Å². The lowest BCUT2D eigenvalue weighted by Crippen LogP contribution is -2.15. The summed E-state index contributed by atoms with van der Waals surface area (Å²) in [6.07, 6.45) is 44.4. The first-order valence-corrected chi connectivity index (χ1v) is 25.4. The maximum atomic E-state index is 4.83. The van der Waals surface area contributed by atoms with Crippen molar-refractivity contribution < 1.29 is 0 Å². The molecule has 1 atom stereocenters. The number of nitrogens with one attached hydrogen (secondary N) is 1. The van der Waals surface area contributed by atoms with Crippen molar-refractivity contribution in [2.45, 2.75) is 87.0 Å². The summed E-state index contributed by atoms with van der Waals surface area (Å²) in [6.45, 7) is 24.1. The molecule has 0 fully saturated rings. The van der Waals surface area contributed by atoms with Gasteiger partial charge in [0.2, 0.25) is 0 Å². The van der Waals surface area contributed by atoms with Gasteiger partial charge >= 0.3 is 0 Å². The van der Waals surface area contributed by atoms with Crippen LogP contribution in [-0.2, 0) is 12.8 Å². The number of aryl methyl sites for hydroxylation is 1. The number of benzene rings is 5. The van der Waals surface area contributed by atoms with Crippen LogP contribution in [0.1, 0.15) is 96.4 Å². The lowest BCUT2D eigenvalue weighted by atomic mass is 9.90. The van der Waals surface area contributed by atoms with E-state index < -0.39 is 0 Å². The Labute approximate surface area is 421 Å². The zero-order valence-electron chi connectivity index (χ0n) is 42.9. The molecule has 0 spiro atoms. The highest BCUT2D eigenvalue weighted by molar-refractivity contribution is 6.02. The molecule has 0 heterocycles. The minimum absolute atomic E-state index is 0.341. The van der Waals surface area contributed by atoms with Gasteiger partial charge in [0, 0.05) is 34.1 Å². The maximum Gasteiger partial charge on any atom is 0.0546 e. The normalized spacial score (nSPS) is 15.6. The molecule has 0 aliphatic heterocycles. The van der Waals surface area contributed by atoms with Crippen LogP contribution in [0.4, 0.5) is 17.1 Å². The molecule has 2 nitrogen and oxygen atoms in total. The number of allylic oxidation sites excluding steroid dienone is 21. The number of anilines is 3. The Morgan fingerprint density at radius 3 is 2.23 bits per heavy atom. The summed E-state index contributed by atoms with van der Waals surface area (Å²) in [5.74, 6) is 0.341. The van der Waals surface area contributed by atoms with Gasteiger partial charge < -0.3 is 10.2 Å². The van der Waals surface area contributed by atoms with Crippen molar-refractivity contribution in [1.29, 1.82) is 0 Å². The fraction of sp³-hybridized carbons (Fsp3) is 0.206. The Morgan fingerprint density at radius 2 is 1.50 bits per heavy atom. The highest BCUT2D eigenvalue weighted by Gasteiger charge is 2.21. The number of nitrogens with zero attached hydrogens (tertiary/aromatic N) is 1. The molecule has 0 saturated heterocycles. The highest BCUT2D eigenvalue weighted by atomic mass is 15.1.